The van der Waals surface area contributed by atoms with E-state index in [2.05, 4.69) is 10.3 Å². The second-order valence-electron chi connectivity index (χ2n) is 6.37. The number of nitrogens with zero attached hydrogens (tertiary/aromatic N) is 2. The third kappa shape index (κ3) is 4.45. The van der Waals surface area contributed by atoms with Crippen molar-refractivity contribution in [2.24, 2.45) is 0 Å². The van der Waals surface area contributed by atoms with Crippen LogP contribution in [0, 0.1) is 0 Å². The van der Waals surface area contributed by atoms with Gasteiger partial charge < -0.3 is 9.47 Å². The number of rotatable bonds is 7. The third-order valence-electron chi connectivity index (χ3n) is 4.30. The van der Waals surface area contributed by atoms with E-state index in [-0.39, 0.29) is 10.8 Å². The molecule has 1 heterocycles. The van der Waals surface area contributed by atoms with Gasteiger partial charge in [0.25, 0.3) is 5.91 Å². The summed E-state index contributed by atoms with van der Waals surface area (Å²) >= 11 is 1.27. The monoisotopic (exact) mass is 447 g/mol. The molecule has 0 atom stereocenters. The average Bonchev–Trinajstić information content (AvgIpc) is 3.21. The Morgan fingerprint density at radius 3 is 2.37 bits per heavy atom. The molecule has 0 bridgehead atoms. The molecule has 1 amide bonds. The van der Waals surface area contributed by atoms with Crippen LogP contribution in [-0.4, -0.2) is 51.9 Å². The van der Waals surface area contributed by atoms with Crippen molar-refractivity contribution in [2.45, 2.75) is 4.90 Å². The number of hydrogen-bond donors (Lipinski definition) is 1. The summed E-state index contributed by atoms with van der Waals surface area (Å²) in [4.78, 5) is 17.1. The average molecular weight is 448 g/mol. The van der Waals surface area contributed by atoms with Crippen molar-refractivity contribution >= 4 is 32.4 Å². The summed E-state index contributed by atoms with van der Waals surface area (Å²) in [5.74, 6) is 0.913. The molecule has 30 heavy (non-hydrogen) atoms. The lowest BCUT2D eigenvalue weighted by Gasteiger charge is -2.11. The van der Waals surface area contributed by atoms with Gasteiger partial charge in [-0.25, -0.2) is 17.7 Å². The number of amides is 1. The van der Waals surface area contributed by atoms with Crippen molar-refractivity contribution in [1.82, 2.24) is 9.29 Å². The normalized spacial score (nSPS) is 11.4. The summed E-state index contributed by atoms with van der Waals surface area (Å²) in [6, 6.07) is 11.1. The van der Waals surface area contributed by atoms with E-state index in [4.69, 9.17) is 9.47 Å². The second kappa shape index (κ2) is 8.82. The summed E-state index contributed by atoms with van der Waals surface area (Å²) < 4.78 is 36.0. The van der Waals surface area contributed by atoms with Crippen molar-refractivity contribution in [3.05, 3.63) is 53.4 Å². The number of methoxy groups -OCH3 is 2. The number of aromatic nitrogens is 1. The number of thiazole rings is 1. The number of anilines is 1. The van der Waals surface area contributed by atoms with Gasteiger partial charge in [0.2, 0.25) is 10.0 Å². The van der Waals surface area contributed by atoms with Crippen LogP contribution in [0.15, 0.2) is 52.7 Å². The molecule has 0 aliphatic carbocycles. The number of nitrogens with one attached hydrogen (secondary N) is 1. The maximum absolute atomic E-state index is 12.5. The van der Waals surface area contributed by atoms with Gasteiger partial charge in [-0.2, -0.15) is 0 Å². The zero-order valence-corrected chi connectivity index (χ0v) is 18.5. The fraction of sp³-hybridized carbons (Fsp3) is 0.200. The molecule has 0 unspecified atom stereocenters. The van der Waals surface area contributed by atoms with Crippen molar-refractivity contribution in [2.75, 3.05) is 33.6 Å². The highest BCUT2D eigenvalue weighted by Gasteiger charge is 2.18. The quantitative estimate of drug-likeness (QED) is 0.597. The van der Waals surface area contributed by atoms with Crippen LogP contribution < -0.4 is 14.8 Å². The zero-order valence-electron chi connectivity index (χ0n) is 16.9. The molecule has 3 rings (SSSR count). The minimum absolute atomic E-state index is 0.116. The summed E-state index contributed by atoms with van der Waals surface area (Å²) in [6.45, 7) is 0. The maximum Gasteiger partial charge on any atom is 0.257 e. The summed E-state index contributed by atoms with van der Waals surface area (Å²) in [5, 5.41) is 4.94. The molecule has 0 saturated carbocycles. The Bertz CT molecular complexity index is 1160. The molecule has 0 aliphatic heterocycles. The number of sulfonamides is 1. The maximum atomic E-state index is 12.5. The predicted octanol–water partition coefficient (Wildman–Crippen LogP) is 3.33. The molecule has 0 fully saturated rings. The first-order valence-electron chi connectivity index (χ1n) is 8.78. The van der Waals surface area contributed by atoms with Gasteiger partial charge in [-0.05, 0) is 42.5 Å². The van der Waals surface area contributed by atoms with Crippen LogP contribution in [0.2, 0.25) is 0 Å². The Morgan fingerprint density at radius 2 is 1.77 bits per heavy atom. The van der Waals surface area contributed by atoms with Crippen LogP contribution in [0.4, 0.5) is 5.13 Å². The number of benzene rings is 2. The second-order valence-corrected chi connectivity index (χ2v) is 9.38. The van der Waals surface area contributed by atoms with E-state index in [1.807, 2.05) is 6.07 Å². The number of hydrogen-bond acceptors (Lipinski definition) is 7. The van der Waals surface area contributed by atoms with Gasteiger partial charge in [-0.15, -0.1) is 11.3 Å². The molecule has 0 radical (unpaired) electrons. The Balaban J connectivity index is 1.79. The van der Waals surface area contributed by atoms with Gasteiger partial charge in [0.1, 0.15) is 11.5 Å². The largest absolute Gasteiger partial charge is 0.497 e. The van der Waals surface area contributed by atoms with E-state index in [1.54, 1.807) is 31.7 Å². The standard InChI is InChI=1S/C20H21N3O5S2/c1-23(2)30(25,26)15-8-5-13(6-9-15)19(24)22-20-21-17(12-29-20)16-11-14(27-3)7-10-18(16)28-4/h5-12H,1-4H3,(H,21,22,24). The Labute approximate surface area is 179 Å². The SMILES string of the molecule is COc1ccc(OC)c(-c2csc(NC(=O)c3ccc(S(=O)(=O)N(C)C)cc3)n2)c1. The van der Waals surface area contributed by atoms with Crippen LogP contribution in [0.3, 0.4) is 0 Å². The fourth-order valence-electron chi connectivity index (χ4n) is 2.63. The first-order valence-corrected chi connectivity index (χ1v) is 11.1. The lowest BCUT2D eigenvalue weighted by Crippen LogP contribution is -2.22. The highest BCUT2D eigenvalue weighted by molar-refractivity contribution is 7.89. The zero-order chi connectivity index (χ0) is 21.9. The smallest absolute Gasteiger partial charge is 0.257 e. The molecule has 1 N–H and O–H groups in total. The highest BCUT2D eigenvalue weighted by Crippen LogP contribution is 2.35. The van der Waals surface area contributed by atoms with E-state index in [1.165, 1.54) is 49.7 Å². The first kappa shape index (κ1) is 21.8. The van der Waals surface area contributed by atoms with Gasteiger partial charge in [0.05, 0.1) is 24.8 Å². The Kier molecular flexibility index (Phi) is 6.40. The van der Waals surface area contributed by atoms with Crippen molar-refractivity contribution in [1.29, 1.82) is 0 Å². The molecule has 0 aliphatic rings. The van der Waals surface area contributed by atoms with E-state index in [0.29, 0.717) is 27.9 Å². The van der Waals surface area contributed by atoms with Gasteiger partial charge in [-0.3, -0.25) is 10.1 Å². The summed E-state index contributed by atoms with van der Waals surface area (Å²) in [6.07, 6.45) is 0. The molecular weight excluding hydrogens is 426 g/mol. The lowest BCUT2D eigenvalue weighted by molar-refractivity contribution is 0.102. The molecule has 1 aromatic heterocycles. The van der Waals surface area contributed by atoms with E-state index in [0.717, 1.165) is 9.87 Å². The van der Waals surface area contributed by atoms with Gasteiger partial charge in [0, 0.05) is 30.6 Å². The molecule has 10 heteroatoms. The van der Waals surface area contributed by atoms with Crippen molar-refractivity contribution < 1.29 is 22.7 Å². The van der Waals surface area contributed by atoms with Gasteiger partial charge >= 0.3 is 0 Å². The molecular formula is C20H21N3O5S2. The topological polar surface area (TPSA) is 97.8 Å². The number of carbonyl (C=O) groups excluding carboxylic acids is 1. The fourth-order valence-corrected chi connectivity index (χ4v) is 4.23. The lowest BCUT2D eigenvalue weighted by atomic mass is 10.1. The van der Waals surface area contributed by atoms with Gasteiger partial charge in [0.15, 0.2) is 5.13 Å². The molecule has 8 nitrogen and oxygen atoms in total. The van der Waals surface area contributed by atoms with Crippen LogP contribution in [-0.2, 0) is 10.0 Å². The highest BCUT2D eigenvalue weighted by atomic mass is 32.2. The third-order valence-corrected chi connectivity index (χ3v) is 6.89. The van der Waals surface area contributed by atoms with Crippen LogP contribution in [0.1, 0.15) is 10.4 Å². The number of ether oxygens (including phenoxy) is 2. The first-order chi connectivity index (χ1) is 14.3. The summed E-state index contributed by atoms with van der Waals surface area (Å²) in [5.41, 5.74) is 1.70. The number of carbonyl (C=O) groups is 1. The van der Waals surface area contributed by atoms with Crippen molar-refractivity contribution in [3.8, 4) is 22.8 Å². The minimum Gasteiger partial charge on any atom is -0.497 e. The van der Waals surface area contributed by atoms with E-state index in [9.17, 15) is 13.2 Å². The van der Waals surface area contributed by atoms with E-state index < -0.39 is 10.0 Å². The Morgan fingerprint density at radius 1 is 1.07 bits per heavy atom. The molecule has 158 valence electrons. The Hall–Kier alpha value is -2.95. The molecule has 0 saturated heterocycles. The van der Waals surface area contributed by atoms with Crippen molar-refractivity contribution in [3.63, 3.8) is 0 Å². The van der Waals surface area contributed by atoms with Crippen LogP contribution >= 0.6 is 11.3 Å². The molecule has 3 aromatic rings. The predicted molar refractivity (Wildman–Crippen MR) is 116 cm³/mol. The van der Waals surface area contributed by atoms with E-state index >= 15 is 0 Å². The molecule has 2 aromatic carbocycles. The van der Waals surface area contributed by atoms with Gasteiger partial charge in [-0.1, -0.05) is 0 Å². The van der Waals surface area contributed by atoms with Crippen LogP contribution in [0.5, 0.6) is 11.5 Å². The van der Waals surface area contributed by atoms with Crippen LogP contribution in [0.25, 0.3) is 11.3 Å². The minimum atomic E-state index is -3.55. The summed E-state index contributed by atoms with van der Waals surface area (Å²) in [7, 11) is 2.50. The molecule has 0 spiro atoms.